The SMILES string of the molecule is CC1(C)c2ccccc2-c2cc3c4ccccc4n(-c4nc(-c5ccccc5)nc5c4[Si](C)(C)c4ccccc4-5)c3cc21. The predicted octanol–water partition coefficient (Wildman–Crippen LogP) is 8.35. The molecule has 0 N–H and O–H groups in total. The molecule has 0 saturated heterocycles. The van der Waals surface area contributed by atoms with Gasteiger partial charge in [-0.25, -0.2) is 9.97 Å². The van der Waals surface area contributed by atoms with Crippen LogP contribution in [0.15, 0.2) is 115 Å². The van der Waals surface area contributed by atoms with E-state index in [-0.39, 0.29) is 5.41 Å². The van der Waals surface area contributed by atoms with Crippen LogP contribution in [0, 0.1) is 0 Å². The zero-order valence-electron chi connectivity index (χ0n) is 24.8. The van der Waals surface area contributed by atoms with E-state index < -0.39 is 8.07 Å². The van der Waals surface area contributed by atoms with Crippen LogP contribution in [0.4, 0.5) is 0 Å². The van der Waals surface area contributed by atoms with Gasteiger partial charge in [0.1, 0.15) is 13.9 Å². The molecule has 5 aromatic carbocycles. The molecular weight excluding hydrogens is 539 g/mol. The molecule has 2 aliphatic rings. The highest BCUT2D eigenvalue weighted by atomic mass is 28.3. The van der Waals surface area contributed by atoms with Crippen molar-refractivity contribution in [2.24, 2.45) is 0 Å². The number of fused-ring (bicyclic) bond motifs is 9. The van der Waals surface area contributed by atoms with Gasteiger partial charge in [-0.3, -0.25) is 4.57 Å². The smallest absolute Gasteiger partial charge is 0.162 e. The first-order valence-corrected chi connectivity index (χ1v) is 18.1. The van der Waals surface area contributed by atoms with Gasteiger partial charge >= 0.3 is 0 Å². The molecule has 43 heavy (non-hydrogen) atoms. The molecule has 206 valence electrons. The Kier molecular flexibility index (Phi) is 4.83. The monoisotopic (exact) mass is 569 g/mol. The standard InChI is InChI=1S/C39H31N3Si/c1-39(2)30-19-11-8-16-25(30)28-22-29-26-17-9-12-20-32(26)42(33(29)23-31(28)39)38-36-35(27-18-10-13-21-34(27)43(36,3)4)40-37(41-38)24-14-6-5-7-15-24/h5-23H,1-4H3. The summed E-state index contributed by atoms with van der Waals surface area (Å²) in [5.74, 6) is 1.80. The minimum Gasteiger partial charge on any atom is -0.294 e. The first-order chi connectivity index (χ1) is 20.9. The van der Waals surface area contributed by atoms with E-state index in [1.54, 1.807) is 0 Å². The first kappa shape index (κ1) is 24.8. The summed E-state index contributed by atoms with van der Waals surface area (Å²) in [4.78, 5) is 10.8. The molecule has 3 heterocycles. The van der Waals surface area contributed by atoms with Gasteiger partial charge < -0.3 is 0 Å². The van der Waals surface area contributed by atoms with Crippen molar-refractivity contribution in [1.82, 2.24) is 14.5 Å². The van der Waals surface area contributed by atoms with Gasteiger partial charge in [-0.15, -0.1) is 0 Å². The summed E-state index contributed by atoms with van der Waals surface area (Å²) < 4.78 is 2.46. The minimum atomic E-state index is -2.13. The molecule has 0 radical (unpaired) electrons. The molecule has 0 amide bonds. The predicted molar refractivity (Wildman–Crippen MR) is 182 cm³/mol. The van der Waals surface area contributed by atoms with Crippen molar-refractivity contribution in [2.75, 3.05) is 0 Å². The summed E-state index contributed by atoms with van der Waals surface area (Å²) >= 11 is 0. The van der Waals surface area contributed by atoms with Crippen LogP contribution in [0.5, 0.6) is 0 Å². The van der Waals surface area contributed by atoms with Gasteiger partial charge in [0.2, 0.25) is 0 Å². The van der Waals surface area contributed by atoms with E-state index in [0.29, 0.717) is 0 Å². The Morgan fingerprint density at radius 3 is 2.14 bits per heavy atom. The maximum absolute atomic E-state index is 5.49. The Bertz CT molecular complexity index is 2290. The van der Waals surface area contributed by atoms with Gasteiger partial charge in [0.15, 0.2) is 5.82 Å². The number of benzene rings is 5. The number of hydrogen-bond donors (Lipinski definition) is 0. The van der Waals surface area contributed by atoms with Gasteiger partial charge in [-0.2, -0.15) is 0 Å². The Balaban J connectivity index is 1.44. The number of rotatable bonds is 2. The van der Waals surface area contributed by atoms with Crippen molar-refractivity contribution < 1.29 is 0 Å². The third kappa shape index (κ3) is 3.19. The third-order valence-electron chi connectivity index (χ3n) is 9.99. The molecule has 3 nitrogen and oxygen atoms in total. The van der Waals surface area contributed by atoms with Gasteiger partial charge in [0, 0.05) is 26.9 Å². The lowest BCUT2D eigenvalue weighted by Crippen LogP contribution is -2.51. The fourth-order valence-electron chi connectivity index (χ4n) is 7.86. The highest BCUT2D eigenvalue weighted by Crippen LogP contribution is 2.51. The number of hydrogen-bond acceptors (Lipinski definition) is 2. The molecule has 0 atom stereocenters. The van der Waals surface area contributed by atoms with E-state index in [9.17, 15) is 0 Å². The maximum Gasteiger partial charge on any atom is 0.162 e. The summed E-state index contributed by atoms with van der Waals surface area (Å²) in [6, 6.07) is 42.0. The van der Waals surface area contributed by atoms with Crippen molar-refractivity contribution in [2.45, 2.75) is 32.4 Å². The van der Waals surface area contributed by atoms with Crippen LogP contribution in [-0.4, -0.2) is 22.6 Å². The zero-order chi connectivity index (χ0) is 29.1. The summed E-state index contributed by atoms with van der Waals surface area (Å²) in [5, 5.41) is 5.28. The van der Waals surface area contributed by atoms with Crippen molar-refractivity contribution in [1.29, 1.82) is 0 Å². The Hall–Kier alpha value is -4.80. The summed E-state index contributed by atoms with van der Waals surface area (Å²) in [6.45, 7) is 9.63. The molecule has 1 aliphatic heterocycles. The Morgan fingerprint density at radius 2 is 1.30 bits per heavy atom. The van der Waals surface area contributed by atoms with E-state index in [4.69, 9.17) is 9.97 Å². The quantitative estimate of drug-likeness (QED) is 0.196. The van der Waals surface area contributed by atoms with E-state index in [1.165, 1.54) is 60.0 Å². The zero-order valence-corrected chi connectivity index (χ0v) is 25.8. The largest absolute Gasteiger partial charge is 0.294 e. The molecule has 9 rings (SSSR count). The molecule has 0 saturated carbocycles. The summed E-state index contributed by atoms with van der Waals surface area (Å²) in [5.41, 5.74) is 11.2. The van der Waals surface area contributed by atoms with Crippen LogP contribution in [0.1, 0.15) is 25.0 Å². The molecule has 7 aromatic rings. The second kappa shape index (κ2) is 8.39. The van der Waals surface area contributed by atoms with Crippen molar-refractivity contribution >= 4 is 40.3 Å². The van der Waals surface area contributed by atoms with Crippen molar-refractivity contribution in [3.8, 4) is 39.6 Å². The molecule has 1 aliphatic carbocycles. The van der Waals surface area contributed by atoms with Crippen LogP contribution >= 0.6 is 0 Å². The second-order valence-electron chi connectivity index (χ2n) is 13.1. The summed E-state index contributed by atoms with van der Waals surface area (Å²) in [6.07, 6.45) is 0. The molecule has 0 unspecified atom stereocenters. The van der Waals surface area contributed by atoms with Gasteiger partial charge in [-0.1, -0.05) is 124 Å². The third-order valence-corrected chi connectivity index (χ3v) is 13.5. The van der Waals surface area contributed by atoms with Gasteiger partial charge in [-0.05, 0) is 51.2 Å². The van der Waals surface area contributed by atoms with Gasteiger partial charge in [0.05, 0.1) is 16.7 Å². The first-order valence-electron chi connectivity index (χ1n) is 15.1. The van der Waals surface area contributed by atoms with Crippen LogP contribution in [0.3, 0.4) is 0 Å². The second-order valence-corrected chi connectivity index (χ2v) is 17.4. The molecule has 0 bridgehead atoms. The number of nitrogens with zero attached hydrogens (tertiary/aromatic N) is 3. The lowest BCUT2D eigenvalue weighted by atomic mass is 9.82. The normalized spacial score (nSPS) is 15.3. The summed E-state index contributed by atoms with van der Waals surface area (Å²) in [7, 11) is -2.13. The highest BCUT2D eigenvalue weighted by Gasteiger charge is 2.43. The number of aromatic nitrogens is 3. The van der Waals surface area contributed by atoms with E-state index in [0.717, 1.165) is 22.9 Å². The maximum atomic E-state index is 5.49. The average Bonchev–Trinajstić information content (AvgIpc) is 3.57. The topological polar surface area (TPSA) is 30.7 Å². The van der Waals surface area contributed by atoms with E-state index in [1.807, 2.05) is 0 Å². The molecule has 2 aromatic heterocycles. The molecule has 4 heteroatoms. The van der Waals surface area contributed by atoms with Crippen LogP contribution in [0.2, 0.25) is 13.1 Å². The van der Waals surface area contributed by atoms with Crippen molar-refractivity contribution in [3.05, 3.63) is 126 Å². The molecule has 0 spiro atoms. The fraction of sp³-hybridized carbons (Fsp3) is 0.128. The lowest BCUT2D eigenvalue weighted by molar-refractivity contribution is 0.661. The van der Waals surface area contributed by atoms with Crippen LogP contribution in [-0.2, 0) is 5.41 Å². The van der Waals surface area contributed by atoms with Gasteiger partial charge in [0.25, 0.3) is 0 Å². The molecule has 0 fully saturated rings. The van der Waals surface area contributed by atoms with Crippen LogP contribution < -0.4 is 10.4 Å². The minimum absolute atomic E-state index is 0.0888. The van der Waals surface area contributed by atoms with E-state index in [2.05, 4.69) is 147 Å². The fourth-order valence-corrected chi connectivity index (χ4v) is 11.0. The Morgan fingerprint density at radius 1 is 0.605 bits per heavy atom. The van der Waals surface area contributed by atoms with Crippen LogP contribution in [0.25, 0.3) is 61.4 Å². The van der Waals surface area contributed by atoms with E-state index >= 15 is 0 Å². The average molecular weight is 570 g/mol. The lowest BCUT2D eigenvalue weighted by Gasteiger charge is -2.24. The van der Waals surface area contributed by atoms with Crippen molar-refractivity contribution in [3.63, 3.8) is 0 Å². The number of para-hydroxylation sites is 1. The molecular formula is C39H31N3Si. The Labute approximate surface area is 252 Å². The highest BCUT2D eigenvalue weighted by molar-refractivity contribution is 7.04.